The summed E-state index contributed by atoms with van der Waals surface area (Å²) in [5.74, 6) is -3.24. The summed E-state index contributed by atoms with van der Waals surface area (Å²) >= 11 is 0. The SMILES string of the molecule is Fc1cc(COC=C2CCCCC2)cc(F)c1C(F)(F)F. The number of allylic oxidation sites excluding steroid dienone is 1. The van der Waals surface area contributed by atoms with Gasteiger partial charge in [0.05, 0.1) is 6.26 Å². The smallest absolute Gasteiger partial charge is 0.422 e. The molecule has 0 bridgehead atoms. The third-order valence-corrected chi connectivity index (χ3v) is 3.38. The third kappa shape index (κ3) is 4.19. The molecule has 0 aromatic heterocycles. The van der Waals surface area contributed by atoms with E-state index in [-0.39, 0.29) is 12.2 Å². The first-order valence-electron chi connectivity index (χ1n) is 6.72. The van der Waals surface area contributed by atoms with Crippen LogP contribution in [0.2, 0.25) is 0 Å². The van der Waals surface area contributed by atoms with Crippen LogP contribution in [-0.2, 0) is 17.5 Å². The van der Waals surface area contributed by atoms with Gasteiger partial charge in [-0.1, -0.05) is 6.42 Å². The van der Waals surface area contributed by atoms with Crippen molar-refractivity contribution in [1.82, 2.24) is 0 Å². The molecule has 0 unspecified atom stereocenters. The van der Waals surface area contributed by atoms with Gasteiger partial charge in [-0.25, -0.2) is 8.78 Å². The zero-order valence-corrected chi connectivity index (χ0v) is 11.3. The van der Waals surface area contributed by atoms with E-state index in [9.17, 15) is 22.0 Å². The number of benzene rings is 1. The van der Waals surface area contributed by atoms with Crippen molar-refractivity contribution in [2.45, 2.75) is 44.9 Å². The molecule has 1 saturated carbocycles. The minimum atomic E-state index is -5.04. The number of ether oxygens (including phenoxy) is 1. The molecule has 0 N–H and O–H groups in total. The Labute approximate surface area is 119 Å². The summed E-state index contributed by atoms with van der Waals surface area (Å²) in [6.45, 7) is -0.157. The summed E-state index contributed by atoms with van der Waals surface area (Å²) < 4.78 is 69.2. The van der Waals surface area contributed by atoms with Gasteiger partial charge in [0.25, 0.3) is 0 Å². The summed E-state index contributed by atoms with van der Waals surface area (Å²) in [5.41, 5.74) is -0.711. The van der Waals surface area contributed by atoms with Gasteiger partial charge in [-0.2, -0.15) is 13.2 Å². The molecule has 0 spiro atoms. The third-order valence-electron chi connectivity index (χ3n) is 3.38. The van der Waals surface area contributed by atoms with Crippen molar-refractivity contribution in [1.29, 1.82) is 0 Å². The van der Waals surface area contributed by atoms with E-state index in [1.54, 1.807) is 6.26 Å². The van der Waals surface area contributed by atoms with Crippen LogP contribution in [0.15, 0.2) is 24.0 Å². The molecular formula is C15H15F5O. The Hall–Kier alpha value is -1.59. The maximum atomic E-state index is 13.4. The van der Waals surface area contributed by atoms with E-state index in [1.165, 1.54) is 6.42 Å². The fourth-order valence-corrected chi connectivity index (χ4v) is 2.36. The quantitative estimate of drug-likeness (QED) is 0.540. The van der Waals surface area contributed by atoms with Crippen molar-refractivity contribution < 1.29 is 26.7 Å². The van der Waals surface area contributed by atoms with Crippen LogP contribution in [0, 0.1) is 11.6 Å². The summed E-state index contributed by atoms with van der Waals surface area (Å²) in [5, 5.41) is 0. The van der Waals surface area contributed by atoms with E-state index in [0.29, 0.717) is 12.1 Å². The molecule has 0 saturated heterocycles. The van der Waals surface area contributed by atoms with Gasteiger partial charge in [0.2, 0.25) is 0 Å². The van der Waals surface area contributed by atoms with Gasteiger partial charge in [-0.15, -0.1) is 0 Å². The molecule has 1 nitrogen and oxygen atoms in total. The van der Waals surface area contributed by atoms with Gasteiger partial charge in [-0.3, -0.25) is 0 Å². The van der Waals surface area contributed by atoms with Gasteiger partial charge in [0.15, 0.2) is 0 Å². The van der Waals surface area contributed by atoms with Crippen LogP contribution >= 0.6 is 0 Å². The summed E-state index contributed by atoms with van der Waals surface area (Å²) in [6, 6.07) is 1.32. The van der Waals surface area contributed by atoms with Crippen LogP contribution in [0.3, 0.4) is 0 Å². The van der Waals surface area contributed by atoms with Crippen LogP contribution in [0.4, 0.5) is 22.0 Å². The largest absolute Gasteiger partial charge is 0.497 e. The first-order valence-corrected chi connectivity index (χ1v) is 6.72. The monoisotopic (exact) mass is 306 g/mol. The number of rotatable bonds is 3. The molecule has 0 atom stereocenters. The van der Waals surface area contributed by atoms with Crippen molar-refractivity contribution in [2.75, 3.05) is 0 Å². The van der Waals surface area contributed by atoms with Gasteiger partial charge in [-0.05, 0) is 49.0 Å². The number of halogens is 5. The van der Waals surface area contributed by atoms with Crippen molar-refractivity contribution in [2.24, 2.45) is 0 Å². The molecule has 0 amide bonds. The first-order chi connectivity index (χ1) is 9.88. The second kappa shape index (κ2) is 6.45. The predicted octanol–water partition coefficient (Wildman–Crippen LogP) is 5.35. The molecule has 1 fully saturated rings. The first kappa shape index (κ1) is 15.8. The highest BCUT2D eigenvalue weighted by atomic mass is 19.4. The molecule has 1 aliphatic carbocycles. The molecule has 2 rings (SSSR count). The molecule has 21 heavy (non-hydrogen) atoms. The van der Waals surface area contributed by atoms with Crippen LogP contribution in [0.5, 0.6) is 0 Å². The minimum Gasteiger partial charge on any atom is -0.497 e. The highest BCUT2D eigenvalue weighted by Crippen LogP contribution is 2.34. The lowest BCUT2D eigenvalue weighted by Crippen LogP contribution is -2.12. The zero-order valence-electron chi connectivity index (χ0n) is 11.3. The average Bonchev–Trinajstić information content (AvgIpc) is 2.37. The molecule has 116 valence electrons. The summed E-state index contributed by atoms with van der Waals surface area (Å²) in [4.78, 5) is 0. The van der Waals surface area contributed by atoms with E-state index in [0.717, 1.165) is 31.3 Å². The highest BCUT2D eigenvalue weighted by molar-refractivity contribution is 5.28. The zero-order chi connectivity index (χ0) is 15.5. The minimum absolute atomic E-state index is 0.0330. The predicted molar refractivity (Wildman–Crippen MR) is 67.3 cm³/mol. The van der Waals surface area contributed by atoms with Crippen molar-refractivity contribution in [3.63, 3.8) is 0 Å². The Bertz CT molecular complexity index is 502. The Morgan fingerprint density at radius 2 is 1.57 bits per heavy atom. The van der Waals surface area contributed by atoms with Crippen molar-refractivity contribution in [3.05, 3.63) is 46.7 Å². The molecule has 0 aliphatic heterocycles. The van der Waals surface area contributed by atoms with Gasteiger partial charge in [0.1, 0.15) is 23.8 Å². The number of alkyl halides is 3. The Morgan fingerprint density at radius 3 is 2.10 bits per heavy atom. The summed E-state index contributed by atoms with van der Waals surface area (Å²) in [6.07, 6.45) is 1.69. The second-order valence-corrected chi connectivity index (χ2v) is 5.08. The van der Waals surface area contributed by atoms with E-state index in [1.807, 2.05) is 0 Å². The lowest BCUT2D eigenvalue weighted by atomic mass is 9.96. The van der Waals surface area contributed by atoms with Crippen LogP contribution < -0.4 is 0 Å². The number of hydrogen-bond donors (Lipinski definition) is 0. The van der Waals surface area contributed by atoms with Crippen LogP contribution in [0.25, 0.3) is 0 Å². The number of hydrogen-bond acceptors (Lipinski definition) is 1. The van der Waals surface area contributed by atoms with Gasteiger partial charge < -0.3 is 4.74 Å². The van der Waals surface area contributed by atoms with Gasteiger partial charge >= 0.3 is 6.18 Å². The molecular weight excluding hydrogens is 291 g/mol. The van der Waals surface area contributed by atoms with E-state index >= 15 is 0 Å². The van der Waals surface area contributed by atoms with Crippen molar-refractivity contribution >= 4 is 0 Å². The Morgan fingerprint density at radius 1 is 1.00 bits per heavy atom. The van der Waals surface area contributed by atoms with Gasteiger partial charge in [0, 0.05) is 0 Å². The van der Waals surface area contributed by atoms with E-state index in [2.05, 4.69) is 0 Å². The topological polar surface area (TPSA) is 9.23 Å². The fourth-order valence-electron chi connectivity index (χ4n) is 2.36. The molecule has 1 aromatic rings. The average molecular weight is 306 g/mol. The van der Waals surface area contributed by atoms with E-state index < -0.39 is 23.4 Å². The normalized spacial score (nSPS) is 16.0. The lowest BCUT2D eigenvalue weighted by Gasteiger charge is -2.14. The highest BCUT2D eigenvalue weighted by Gasteiger charge is 2.37. The maximum absolute atomic E-state index is 13.4. The second-order valence-electron chi connectivity index (χ2n) is 5.08. The molecule has 1 aliphatic rings. The maximum Gasteiger partial charge on any atom is 0.422 e. The standard InChI is InChI=1S/C15H15F5O/c16-12-6-11(7-13(17)14(12)15(18,19)20)9-21-8-10-4-2-1-3-5-10/h6-8H,1-5,9H2. The van der Waals surface area contributed by atoms with Crippen molar-refractivity contribution in [3.8, 4) is 0 Å². The molecule has 0 radical (unpaired) electrons. The Kier molecular flexibility index (Phi) is 4.85. The Balaban J connectivity index is 2.05. The molecule has 1 aromatic carbocycles. The molecule has 6 heteroatoms. The van der Waals surface area contributed by atoms with Crippen LogP contribution in [0.1, 0.15) is 43.2 Å². The van der Waals surface area contributed by atoms with E-state index in [4.69, 9.17) is 4.74 Å². The van der Waals surface area contributed by atoms with Crippen LogP contribution in [-0.4, -0.2) is 0 Å². The lowest BCUT2D eigenvalue weighted by molar-refractivity contribution is -0.142. The summed E-state index contributed by atoms with van der Waals surface area (Å²) in [7, 11) is 0. The fraction of sp³-hybridized carbons (Fsp3) is 0.467. The molecule has 0 heterocycles.